The predicted octanol–water partition coefficient (Wildman–Crippen LogP) is 2.57. The Labute approximate surface area is 182 Å². The van der Waals surface area contributed by atoms with E-state index in [2.05, 4.69) is 22.4 Å². The van der Waals surface area contributed by atoms with Crippen molar-refractivity contribution < 1.29 is 13.2 Å². The molecule has 1 N–H and O–H groups in total. The minimum absolute atomic E-state index is 0.00894. The number of nitrogens with one attached hydrogen (secondary N) is 1. The van der Waals surface area contributed by atoms with Crippen LogP contribution in [0.2, 0.25) is 0 Å². The zero-order valence-corrected chi connectivity index (χ0v) is 19.2. The van der Waals surface area contributed by atoms with Gasteiger partial charge in [0.25, 0.3) is 0 Å². The second-order valence-electron chi connectivity index (χ2n) is 7.79. The third-order valence-corrected chi connectivity index (χ3v) is 7.61. The largest absolute Gasteiger partial charge is 0.352 e. The van der Waals surface area contributed by atoms with E-state index in [4.69, 9.17) is 0 Å². The molecule has 1 aromatic heterocycles. The highest BCUT2D eigenvalue weighted by Crippen LogP contribution is 2.25. The molecule has 1 aliphatic carbocycles. The monoisotopic (exact) mass is 451 g/mol. The van der Waals surface area contributed by atoms with E-state index in [0.29, 0.717) is 22.6 Å². The number of para-hydroxylation sites is 1. The van der Waals surface area contributed by atoms with E-state index in [1.807, 2.05) is 6.07 Å². The van der Waals surface area contributed by atoms with Crippen LogP contribution in [-0.2, 0) is 28.4 Å². The minimum atomic E-state index is -3.49. The fourth-order valence-corrected chi connectivity index (χ4v) is 5.24. The Balaban J connectivity index is 1.63. The predicted molar refractivity (Wildman–Crippen MR) is 119 cm³/mol. The molecule has 2 aromatic rings. The zero-order valence-electron chi connectivity index (χ0n) is 17.6. The Morgan fingerprint density at radius 3 is 2.60 bits per heavy atom. The van der Waals surface area contributed by atoms with Gasteiger partial charge in [0.05, 0.1) is 24.2 Å². The fraction of sp³-hybridized carbons (Fsp3) is 0.550. The standard InChI is InChI=1S/C20H29N5O3S2/c1-15-9-7-8-12-17(15)21-19(26)14-29-20-23-22-18(24(20)2)13-25(30(3,27)28)16-10-5-4-6-11-16/h4-6,10-11,15,17H,7-9,12-14H2,1-3H3,(H,21,26)/t15-,17+/m0/s1. The molecule has 1 amide bonds. The maximum absolute atomic E-state index is 12.4. The van der Waals surface area contributed by atoms with E-state index in [1.165, 1.54) is 28.7 Å². The Morgan fingerprint density at radius 1 is 1.23 bits per heavy atom. The third-order valence-electron chi connectivity index (χ3n) is 5.44. The van der Waals surface area contributed by atoms with Crippen LogP contribution in [0.1, 0.15) is 38.4 Å². The molecule has 0 spiro atoms. The van der Waals surface area contributed by atoms with Crippen LogP contribution in [-0.4, -0.2) is 47.1 Å². The van der Waals surface area contributed by atoms with Crippen molar-refractivity contribution in [2.45, 2.75) is 50.4 Å². The number of sulfonamides is 1. The summed E-state index contributed by atoms with van der Waals surface area (Å²) in [5, 5.41) is 12.0. The third kappa shape index (κ3) is 5.75. The Morgan fingerprint density at radius 2 is 1.93 bits per heavy atom. The highest BCUT2D eigenvalue weighted by atomic mass is 32.2. The minimum Gasteiger partial charge on any atom is -0.352 e. The van der Waals surface area contributed by atoms with Gasteiger partial charge >= 0.3 is 0 Å². The Kier molecular flexibility index (Phi) is 7.41. The topological polar surface area (TPSA) is 97.2 Å². The maximum atomic E-state index is 12.4. The number of carbonyl (C=O) groups is 1. The van der Waals surface area contributed by atoms with Crippen molar-refractivity contribution in [1.82, 2.24) is 20.1 Å². The lowest BCUT2D eigenvalue weighted by molar-refractivity contribution is -0.119. The summed E-state index contributed by atoms with van der Waals surface area (Å²) in [7, 11) is -1.71. The lowest BCUT2D eigenvalue weighted by atomic mass is 9.86. The van der Waals surface area contributed by atoms with Gasteiger partial charge in [-0.2, -0.15) is 0 Å². The molecule has 2 atom stereocenters. The van der Waals surface area contributed by atoms with E-state index in [-0.39, 0.29) is 24.2 Å². The molecule has 1 saturated carbocycles. The fourth-order valence-electron chi connectivity index (χ4n) is 3.64. The van der Waals surface area contributed by atoms with Gasteiger partial charge in [-0.1, -0.05) is 49.7 Å². The van der Waals surface area contributed by atoms with E-state index >= 15 is 0 Å². The van der Waals surface area contributed by atoms with Gasteiger partial charge in [-0.3, -0.25) is 9.10 Å². The Hall–Kier alpha value is -2.07. The second-order valence-corrected chi connectivity index (χ2v) is 10.6. The Bertz CT molecular complexity index is 962. The van der Waals surface area contributed by atoms with Crippen LogP contribution in [0.4, 0.5) is 5.69 Å². The summed E-state index contributed by atoms with van der Waals surface area (Å²) < 4.78 is 27.6. The summed E-state index contributed by atoms with van der Waals surface area (Å²) in [5.74, 6) is 1.26. The summed E-state index contributed by atoms with van der Waals surface area (Å²) in [6.45, 7) is 2.26. The molecule has 1 fully saturated rings. The summed E-state index contributed by atoms with van der Waals surface area (Å²) >= 11 is 1.31. The van der Waals surface area contributed by atoms with Gasteiger partial charge in [-0.05, 0) is 30.9 Å². The lowest BCUT2D eigenvalue weighted by Gasteiger charge is -2.29. The van der Waals surface area contributed by atoms with E-state index in [9.17, 15) is 13.2 Å². The van der Waals surface area contributed by atoms with Crippen molar-refractivity contribution in [2.75, 3.05) is 16.3 Å². The molecule has 8 nitrogen and oxygen atoms in total. The van der Waals surface area contributed by atoms with Crippen LogP contribution in [0, 0.1) is 5.92 Å². The highest BCUT2D eigenvalue weighted by molar-refractivity contribution is 7.99. The van der Waals surface area contributed by atoms with E-state index in [1.54, 1.807) is 35.9 Å². The molecule has 0 unspecified atom stereocenters. The first kappa shape index (κ1) is 22.6. The van der Waals surface area contributed by atoms with Crippen molar-refractivity contribution in [3.05, 3.63) is 36.2 Å². The van der Waals surface area contributed by atoms with Gasteiger partial charge in [0.15, 0.2) is 11.0 Å². The number of amides is 1. The quantitative estimate of drug-likeness (QED) is 0.620. The smallest absolute Gasteiger partial charge is 0.232 e. The molecular formula is C20H29N5O3S2. The number of benzene rings is 1. The van der Waals surface area contributed by atoms with Crippen molar-refractivity contribution in [2.24, 2.45) is 13.0 Å². The number of thioether (sulfide) groups is 1. The van der Waals surface area contributed by atoms with E-state index < -0.39 is 10.0 Å². The summed E-state index contributed by atoms with van der Waals surface area (Å²) in [6.07, 6.45) is 5.75. The number of hydrogen-bond donors (Lipinski definition) is 1. The molecule has 0 aliphatic heterocycles. The van der Waals surface area contributed by atoms with Crippen LogP contribution < -0.4 is 9.62 Å². The number of carbonyl (C=O) groups excluding carboxylic acids is 1. The molecule has 10 heteroatoms. The molecule has 3 rings (SSSR count). The van der Waals surface area contributed by atoms with Crippen LogP contribution in [0.25, 0.3) is 0 Å². The SMILES string of the molecule is C[C@H]1CCCC[C@H]1NC(=O)CSc1nnc(CN(c2ccccc2)S(C)(=O)=O)n1C. The molecule has 30 heavy (non-hydrogen) atoms. The molecule has 1 heterocycles. The average Bonchev–Trinajstić information content (AvgIpc) is 3.05. The zero-order chi connectivity index (χ0) is 21.7. The van der Waals surface area contributed by atoms with Gasteiger partial charge in [-0.25, -0.2) is 8.42 Å². The van der Waals surface area contributed by atoms with Crippen molar-refractivity contribution in [3.63, 3.8) is 0 Å². The van der Waals surface area contributed by atoms with Gasteiger partial charge < -0.3 is 9.88 Å². The number of nitrogens with zero attached hydrogens (tertiary/aromatic N) is 4. The molecule has 0 bridgehead atoms. The van der Waals surface area contributed by atoms with Crippen molar-refractivity contribution >= 4 is 33.4 Å². The first-order valence-electron chi connectivity index (χ1n) is 10.1. The maximum Gasteiger partial charge on any atom is 0.232 e. The normalized spacial score (nSPS) is 19.4. The molecule has 0 radical (unpaired) electrons. The van der Waals surface area contributed by atoms with Crippen LogP contribution >= 0.6 is 11.8 Å². The van der Waals surface area contributed by atoms with Gasteiger partial charge in [0.2, 0.25) is 15.9 Å². The summed E-state index contributed by atoms with van der Waals surface area (Å²) in [6, 6.07) is 9.14. The van der Waals surface area contributed by atoms with Gasteiger partial charge in [0, 0.05) is 13.1 Å². The number of anilines is 1. The first-order valence-corrected chi connectivity index (χ1v) is 12.9. The summed E-state index contributed by atoms with van der Waals surface area (Å²) in [4.78, 5) is 12.4. The van der Waals surface area contributed by atoms with Crippen molar-refractivity contribution in [3.8, 4) is 0 Å². The van der Waals surface area contributed by atoms with Crippen LogP contribution in [0.3, 0.4) is 0 Å². The van der Waals surface area contributed by atoms with Crippen molar-refractivity contribution in [1.29, 1.82) is 0 Å². The highest BCUT2D eigenvalue weighted by Gasteiger charge is 2.24. The molecule has 1 aliphatic rings. The average molecular weight is 452 g/mol. The summed E-state index contributed by atoms with van der Waals surface area (Å²) in [5.41, 5.74) is 0.568. The number of hydrogen-bond acceptors (Lipinski definition) is 6. The van der Waals surface area contributed by atoms with Crippen LogP contribution in [0.15, 0.2) is 35.5 Å². The molecule has 0 saturated heterocycles. The van der Waals surface area contributed by atoms with Crippen LogP contribution in [0.5, 0.6) is 0 Å². The number of aromatic nitrogens is 3. The van der Waals surface area contributed by atoms with E-state index in [0.717, 1.165) is 19.3 Å². The van der Waals surface area contributed by atoms with Gasteiger partial charge in [0.1, 0.15) is 0 Å². The lowest BCUT2D eigenvalue weighted by Crippen LogP contribution is -2.41. The molecular weight excluding hydrogens is 422 g/mol. The van der Waals surface area contributed by atoms with Gasteiger partial charge in [-0.15, -0.1) is 10.2 Å². The molecule has 1 aromatic carbocycles. The second kappa shape index (κ2) is 9.82. The number of rotatable bonds is 8. The first-order chi connectivity index (χ1) is 14.3. The molecule has 164 valence electrons.